The van der Waals surface area contributed by atoms with Gasteiger partial charge in [0.1, 0.15) is 36.3 Å². The molecule has 0 aromatic carbocycles. The lowest BCUT2D eigenvalue weighted by molar-refractivity contribution is -0.154. The van der Waals surface area contributed by atoms with Crippen molar-refractivity contribution in [2.75, 3.05) is 81.9 Å². The van der Waals surface area contributed by atoms with Gasteiger partial charge in [-0.2, -0.15) is 0 Å². The zero-order valence-electron chi connectivity index (χ0n) is 29.4. The van der Waals surface area contributed by atoms with Crippen LogP contribution in [0.2, 0.25) is 0 Å². The molecule has 0 saturated carbocycles. The van der Waals surface area contributed by atoms with E-state index in [0.29, 0.717) is 0 Å². The third-order valence-electron chi connectivity index (χ3n) is 8.26. The SMILES string of the molecule is COC(=O)C(C)N(CCN(CCN(C(C)C(=O)OC)C(C)C(=O)OC)CCN(C(C)C(=O)OC)C(C)C(=O)OC)C(C)C(=O)OC. The van der Waals surface area contributed by atoms with Crippen LogP contribution in [0.25, 0.3) is 0 Å². The zero-order valence-corrected chi connectivity index (χ0v) is 29.4. The van der Waals surface area contributed by atoms with Gasteiger partial charge in [-0.3, -0.25) is 48.4 Å². The van der Waals surface area contributed by atoms with Crippen LogP contribution >= 0.6 is 0 Å². The topological polar surface area (TPSA) is 171 Å². The summed E-state index contributed by atoms with van der Waals surface area (Å²) < 4.78 is 29.5. The maximum atomic E-state index is 12.5. The van der Waals surface area contributed by atoms with Crippen LogP contribution in [-0.2, 0) is 57.2 Å². The highest BCUT2D eigenvalue weighted by Crippen LogP contribution is 2.14. The molecular weight excluding hydrogens is 608 g/mol. The minimum atomic E-state index is -0.800. The summed E-state index contributed by atoms with van der Waals surface area (Å²) in [5.41, 5.74) is 0. The van der Waals surface area contributed by atoms with Crippen LogP contribution in [0.15, 0.2) is 0 Å². The van der Waals surface area contributed by atoms with E-state index in [1.165, 1.54) is 42.7 Å². The van der Waals surface area contributed by atoms with Crippen molar-refractivity contribution >= 4 is 35.8 Å². The molecule has 0 aliphatic carbocycles. The molecule has 0 heterocycles. The second-order valence-electron chi connectivity index (χ2n) is 10.7. The molecule has 0 aliphatic heterocycles. The molecule has 0 radical (unpaired) electrons. The summed E-state index contributed by atoms with van der Waals surface area (Å²) in [6.45, 7) is 11.1. The average molecular weight is 663 g/mol. The molecule has 16 heteroatoms. The Morgan fingerprint density at radius 2 is 0.500 bits per heavy atom. The molecule has 0 amide bonds. The van der Waals surface area contributed by atoms with E-state index < -0.39 is 72.1 Å². The molecule has 46 heavy (non-hydrogen) atoms. The Balaban J connectivity index is 6.53. The summed E-state index contributed by atoms with van der Waals surface area (Å²) in [5, 5.41) is 0. The second-order valence-corrected chi connectivity index (χ2v) is 10.7. The van der Waals surface area contributed by atoms with Crippen LogP contribution in [0, 0.1) is 0 Å². The average Bonchev–Trinajstić information content (AvgIpc) is 3.07. The van der Waals surface area contributed by atoms with Gasteiger partial charge in [0.15, 0.2) is 0 Å². The van der Waals surface area contributed by atoms with Gasteiger partial charge in [0.2, 0.25) is 0 Å². The number of rotatable bonds is 21. The second kappa shape index (κ2) is 21.5. The van der Waals surface area contributed by atoms with Crippen molar-refractivity contribution in [3.63, 3.8) is 0 Å². The molecule has 0 rings (SSSR count). The van der Waals surface area contributed by atoms with Crippen molar-refractivity contribution < 1.29 is 57.2 Å². The quantitative estimate of drug-likeness (QED) is 0.114. The first kappa shape index (κ1) is 42.7. The van der Waals surface area contributed by atoms with E-state index in [1.54, 1.807) is 56.2 Å². The number of methoxy groups -OCH3 is 6. The summed E-state index contributed by atoms with van der Waals surface area (Å²) in [7, 11) is 7.53. The maximum absolute atomic E-state index is 12.5. The Hall–Kier alpha value is -3.34. The van der Waals surface area contributed by atoms with E-state index >= 15 is 0 Å². The Kier molecular flexibility index (Phi) is 19.9. The number of esters is 6. The molecule has 0 saturated heterocycles. The van der Waals surface area contributed by atoms with Crippen LogP contribution in [0.1, 0.15) is 41.5 Å². The van der Waals surface area contributed by atoms with Gasteiger partial charge in [0, 0.05) is 39.3 Å². The lowest BCUT2D eigenvalue weighted by atomic mass is 10.1. The van der Waals surface area contributed by atoms with E-state index in [4.69, 9.17) is 28.4 Å². The molecule has 266 valence electrons. The molecule has 6 atom stereocenters. The van der Waals surface area contributed by atoms with Crippen LogP contribution in [0.3, 0.4) is 0 Å². The normalized spacial score (nSPS) is 15.4. The highest BCUT2D eigenvalue weighted by Gasteiger charge is 2.35. The maximum Gasteiger partial charge on any atom is 0.322 e. The molecule has 0 aromatic rings. The number of carbonyl (C=O) groups excluding carboxylic acids is 6. The number of nitrogens with zero attached hydrogens (tertiary/aromatic N) is 4. The zero-order chi connectivity index (χ0) is 35.7. The monoisotopic (exact) mass is 662 g/mol. The first-order valence-electron chi connectivity index (χ1n) is 15.0. The van der Waals surface area contributed by atoms with Gasteiger partial charge >= 0.3 is 35.8 Å². The standard InChI is InChI=1S/C30H54N4O12/c1-19(25(35)41-7)32(20(2)26(36)42-8)16-13-31(14-17-33(21(3)27(37)43-9)22(4)28(38)44-10)15-18-34(23(5)29(39)45-11)24(6)30(40)46-12/h19-24H,13-18H2,1-12H3. The van der Waals surface area contributed by atoms with E-state index in [-0.39, 0.29) is 39.3 Å². The number of hydrogen-bond donors (Lipinski definition) is 0. The number of carbonyl (C=O) groups is 6. The van der Waals surface area contributed by atoms with Crippen molar-refractivity contribution in [2.45, 2.75) is 77.8 Å². The molecular formula is C30H54N4O12. The van der Waals surface area contributed by atoms with Crippen LogP contribution in [0.5, 0.6) is 0 Å². The van der Waals surface area contributed by atoms with Crippen LogP contribution < -0.4 is 0 Å². The van der Waals surface area contributed by atoms with E-state index in [0.717, 1.165) is 0 Å². The van der Waals surface area contributed by atoms with Crippen molar-refractivity contribution in [1.82, 2.24) is 19.6 Å². The Labute approximate surface area is 272 Å². The summed E-state index contributed by atoms with van der Waals surface area (Å²) in [5.74, 6) is -3.27. The molecule has 0 aromatic heterocycles. The third-order valence-corrected chi connectivity index (χ3v) is 8.26. The van der Waals surface area contributed by atoms with Crippen LogP contribution in [0.4, 0.5) is 0 Å². The summed E-state index contributed by atoms with van der Waals surface area (Å²) in [6.07, 6.45) is 0. The highest BCUT2D eigenvalue weighted by atomic mass is 16.5. The van der Waals surface area contributed by atoms with Crippen molar-refractivity contribution in [3.05, 3.63) is 0 Å². The number of hydrogen-bond acceptors (Lipinski definition) is 16. The summed E-state index contributed by atoms with van der Waals surface area (Å²) in [4.78, 5) is 81.9. The van der Waals surface area contributed by atoms with Crippen molar-refractivity contribution in [2.24, 2.45) is 0 Å². The van der Waals surface area contributed by atoms with Gasteiger partial charge in [-0.25, -0.2) is 0 Å². The van der Waals surface area contributed by atoms with Gasteiger partial charge in [-0.1, -0.05) is 0 Å². The molecule has 6 unspecified atom stereocenters. The number of ether oxygens (including phenoxy) is 6. The fourth-order valence-electron chi connectivity index (χ4n) is 5.11. The molecule has 0 fully saturated rings. The minimum absolute atomic E-state index is 0.199. The minimum Gasteiger partial charge on any atom is -0.468 e. The smallest absolute Gasteiger partial charge is 0.322 e. The molecule has 16 nitrogen and oxygen atoms in total. The first-order valence-corrected chi connectivity index (χ1v) is 15.0. The fraction of sp³-hybridized carbons (Fsp3) is 0.800. The van der Waals surface area contributed by atoms with E-state index in [2.05, 4.69) is 0 Å². The van der Waals surface area contributed by atoms with Gasteiger partial charge in [-0.15, -0.1) is 0 Å². The summed E-state index contributed by atoms with van der Waals surface area (Å²) >= 11 is 0. The fourth-order valence-corrected chi connectivity index (χ4v) is 5.11. The van der Waals surface area contributed by atoms with Crippen molar-refractivity contribution in [3.8, 4) is 0 Å². The predicted molar refractivity (Wildman–Crippen MR) is 165 cm³/mol. The Bertz CT molecular complexity index is 823. The largest absolute Gasteiger partial charge is 0.468 e. The Morgan fingerprint density at radius 3 is 0.630 bits per heavy atom. The van der Waals surface area contributed by atoms with Gasteiger partial charge in [-0.05, 0) is 41.5 Å². The first-order chi connectivity index (χ1) is 21.6. The molecule has 0 bridgehead atoms. The summed E-state index contributed by atoms with van der Waals surface area (Å²) in [6, 6.07) is -4.80. The molecule has 0 aliphatic rings. The molecule has 0 spiro atoms. The lowest BCUT2D eigenvalue weighted by Gasteiger charge is -2.37. The Morgan fingerprint density at radius 1 is 0.348 bits per heavy atom. The van der Waals surface area contributed by atoms with Gasteiger partial charge in [0.05, 0.1) is 42.7 Å². The highest BCUT2D eigenvalue weighted by molar-refractivity contribution is 5.80. The van der Waals surface area contributed by atoms with Gasteiger partial charge in [0.25, 0.3) is 0 Å². The molecule has 0 N–H and O–H groups in total. The van der Waals surface area contributed by atoms with E-state index in [1.807, 2.05) is 4.90 Å². The van der Waals surface area contributed by atoms with Crippen LogP contribution in [-0.4, -0.2) is 174 Å². The van der Waals surface area contributed by atoms with Crippen molar-refractivity contribution in [1.29, 1.82) is 0 Å². The predicted octanol–water partition coefficient (Wildman–Crippen LogP) is -0.437. The van der Waals surface area contributed by atoms with Gasteiger partial charge < -0.3 is 28.4 Å². The third kappa shape index (κ3) is 12.5. The lowest BCUT2D eigenvalue weighted by Crippen LogP contribution is -2.55. The van der Waals surface area contributed by atoms with E-state index in [9.17, 15) is 28.8 Å².